The van der Waals surface area contributed by atoms with Gasteiger partial charge in [0.15, 0.2) is 0 Å². The normalized spacial score (nSPS) is 20.7. The number of nitrogens with two attached hydrogens (primary N) is 1. The van der Waals surface area contributed by atoms with E-state index < -0.39 is 6.10 Å². The molecule has 0 bridgehead atoms. The van der Waals surface area contributed by atoms with E-state index in [1.165, 1.54) is 0 Å². The number of hydrogen-bond donors (Lipinski definition) is 2. The molecule has 3 N–H and O–H groups in total. The molecule has 3 nitrogen and oxygen atoms in total. The highest BCUT2D eigenvalue weighted by atomic mass is 79.9. The summed E-state index contributed by atoms with van der Waals surface area (Å²) in [5, 5.41) is 10.3. The minimum absolute atomic E-state index is 0.109. The topological polar surface area (TPSA) is 59.1 Å². The van der Waals surface area contributed by atoms with Gasteiger partial charge < -0.3 is 10.8 Å². The number of aliphatic hydroxyl groups excluding tert-OH is 1. The van der Waals surface area contributed by atoms with Gasteiger partial charge in [-0.05, 0) is 34.8 Å². The van der Waals surface area contributed by atoms with Crippen molar-refractivity contribution in [1.82, 2.24) is 4.98 Å². The van der Waals surface area contributed by atoms with E-state index in [4.69, 9.17) is 5.73 Å². The van der Waals surface area contributed by atoms with E-state index in [0.29, 0.717) is 6.54 Å². The van der Waals surface area contributed by atoms with Gasteiger partial charge in [-0.3, -0.25) is 4.98 Å². The summed E-state index contributed by atoms with van der Waals surface area (Å²) >= 11 is 3.35. The molecule has 1 unspecified atom stereocenters. The van der Waals surface area contributed by atoms with Crippen LogP contribution in [0.1, 0.15) is 30.9 Å². The maximum Gasteiger partial charge on any atom is 0.0873 e. The molecular formula is C11H15BrN2O. The maximum absolute atomic E-state index is 10.3. The summed E-state index contributed by atoms with van der Waals surface area (Å²) in [6, 6.07) is 1.91. The van der Waals surface area contributed by atoms with E-state index in [9.17, 15) is 5.11 Å². The van der Waals surface area contributed by atoms with Crippen molar-refractivity contribution in [3.05, 3.63) is 28.5 Å². The summed E-state index contributed by atoms with van der Waals surface area (Å²) in [5.74, 6) is 0. The van der Waals surface area contributed by atoms with E-state index in [0.717, 1.165) is 29.3 Å². The molecule has 1 aliphatic carbocycles. The molecule has 0 spiro atoms. The number of rotatable bonds is 3. The molecule has 15 heavy (non-hydrogen) atoms. The minimum atomic E-state index is -0.485. The molecule has 1 heterocycles. The van der Waals surface area contributed by atoms with E-state index in [1.807, 2.05) is 6.07 Å². The number of pyridine rings is 1. The van der Waals surface area contributed by atoms with Crippen LogP contribution in [0.2, 0.25) is 0 Å². The molecule has 0 saturated heterocycles. The third-order valence-corrected chi connectivity index (χ3v) is 3.81. The average Bonchev–Trinajstić information content (AvgIpc) is 2.17. The Hall–Kier alpha value is -0.450. The van der Waals surface area contributed by atoms with E-state index in [-0.39, 0.29) is 5.41 Å². The first-order valence-corrected chi connectivity index (χ1v) is 5.96. The zero-order valence-electron chi connectivity index (χ0n) is 8.49. The van der Waals surface area contributed by atoms with Crippen LogP contribution in [0.3, 0.4) is 0 Å². The molecule has 1 aromatic heterocycles. The fourth-order valence-corrected chi connectivity index (χ4v) is 2.53. The third kappa shape index (κ3) is 1.94. The lowest BCUT2D eigenvalue weighted by atomic mass is 9.64. The Morgan fingerprint density at radius 1 is 1.53 bits per heavy atom. The molecule has 0 aromatic carbocycles. The fourth-order valence-electron chi connectivity index (χ4n) is 2.15. The van der Waals surface area contributed by atoms with Crippen molar-refractivity contribution in [2.75, 3.05) is 6.54 Å². The second kappa shape index (κ2) is 4.20. The molecular weight excluding hydrogens is 256 g/mol. The van der Waals surface area contributed by atoms with Crippen LogP contribution >= 0.6 is 15.9 Å². The van der Waals surface area contributed by atoms with Crippen molar-refractivity contribution in [3.8, 4) is 0 Å². The van der Waals surface area contributed by atoms with Gasteiger partial charge in [0.1, 0.15) is 0 Å². The predicted molar refractivity (Wildman–Crippen MR) is 62.2 cm³/mol. The third-order valence-electron chi connectivity index (χ3n) is 3.38. The van der Waals surface area contributed by atoms with Crippen molar-refractivity contribution in [1.29, 1.82) is 0 Å². The van der Waals surface area contributed by atoms with Crippen LogP contribution < -0.4 is 5.73 Å². The summed E-state index contributed by atoms with van der Waals surface area (Å²) in [6.07, 6.45) is 6.13. The fraction of sp³-hybridized carbons (Fsp3) is 0.545. The highest BCUT2D eigenvalue weighted by Gasteiger charge is 2.43. The van der Waals surface area contributed by atoms with Crippen LogP contribution in [-0.4, -0.2) is 16.6 Å². The summed E-state index contributed by atoms with van der Waals surface area (Å²) in [5.41, 5.74) is 6.50. The lowest BCUT2D eigenvalue weighted by Gasteiger charge is -2.44. The van der Waals surface area contributed by atoms with E-state index in [1.54, 1.807) is 12.4 Å². The van der Waals surface area contributed by atoms with Crippen molar-refractivity contribution in [3.63, 3.8) is 0 Å². The first kappa shape index (κ1) is 11.0. The Bertz CT molecular complexity index is 347. The Kier molecular flexibility index (Phi) is 3.09. The molecule has 1 fully saturated rings. The Balaban J connectivity index is 2.23. The van der Waals surface area contributed by atoms with Gasteiger partial charge in [0, 0.05) is 34.4 Å². The van der Waals surface area contributed by atoms with Crippen molar-refractivity contribution in [2.45, 2.75) is 25.4 Å². The second-order valence-electron chi connectivity index (χ2n) is 4.26. The summed E-state index contributed by atoms with van der Waals surface area (Å²) < 4.78 is 0.894. The Labute approximate surface area is 97.8 Å². The maximum atomic E-state index is 10.3. The molecule has 2 rings (SSSR count). The van der Waals surface area contributed by atoms with Crippen molar-refractivity contribution < 1.29 is 5.11 Å². The molecule has 1 aromatic rings. The van der Waals surface area contributed by atoms with Crippen LogP contribution in [0.5, 0.6) is 0 Å². The SMILES string of the molecule is NCC1(C(O)c2cncc(Br)c2)CCC1. The second-order valence-corrected chi connectivity index (χ2v) is 5.17. The quantitative estimate of drug-likeness (QED) is 0.884. The van der Waals surface area contributed by atoms with Gasteiger partial charge in [0.25, 0.3) is 0 Å². The lowest BCUT2D eigenvalue weighted by Crippen LogP contribution is -2.42. The number of nitrogens with zero attached hydrogens (tertiary/aromatic N) is 1. The molecule has 1 atom stereocenters. The molecule has 1 aliphatic rings. The molecule has 82 valence electrons. The largest absolute Gasteiger partial charge is 0.388 e. The van der Waals surface area contributed by atoms with Crippen LogP contribution in [0.15, 0.2) is 22.9 Å². The molecule has 4 heteroatoms. The number of hydrogen-bond acceptors (Lipinski definition) is 3. The lowest BCUT2D eigenvalue weighted by molar-refractivity contribution is -0.0299. The minimum Gasteiger partial charge on any atom is -0.388 e. The Morgan fingerprint density at radius 2 is 2.27 bits per heavy atom. The zero-order chi connectivity index (χ0) is 10.9. The van der Waals surface area contributed by atoms with E-state index in [2.05, 4.69) is 20.9 Å². The standard InChI is InChI=1S/C11H15BrN2O/c12-9-4-8(5-14-6-9)10(15)11(7-13)2-1-3-11/h4-6,10,15H,1-3,7,13H2. The predicted octanol–water partition coefficient (Wildman–Crippen LogP) is 2.01. The zero-order valence-corrected chi connectivity index (χ0v) is 10.1. The number of aromatic nitrogens is 1. The van der Waals surface area contributed by atoms with Crippen molar-refractivity contribution in [2.24, 2.45) is 11.1 Å². The van der Waals surface area contributed by atoms with Gasteiger partial charge in [-0.15, -0.1) is 0 Å². The van der Waals surface area contributed by atoms with Crippen molar-refractivity contribution >= 4 is 15.9 Å². The molecule has 0 radical (unpaired) electrons. The van der Waals surface area contributed by atoms with Gasteiger partial charge in [-0.1, -0.05) is 6.42 Å². The van der Waals surface area contributed by atoms with Crippen LogP contribution in [0, 0.1) is 5.41 Å². The first-order chi connectivity index (χ1) is 7.18. The van der Waals surface area contributed by atoms with Gasteiger partial charge in [-0.2, -0.15) is 0 Å². The van der Waals surface area contributed by atoms with Gasteiger partial charge in [-0.25, -0.2) is 0 Å². The summed E-state index contributed by atoms with van der Waals surface area (Å²) in [4.78, 5) is 4.06. The average molecular weight is 271 g/mol. The van der Waals surface area contributed by atoms with E-state index >= 15 is 0 Å². The molecule has 0 aliphatic heterocycles. The van der Waals surface area contributed by atoms with Crippen LogP contribution in [0.4, 0.5) is 0 Å². The molecule has 1 saturated carbocycles. The highest BCUT2D eigenvalue weighted by molar-refractivity contribution is 9.10. The number of aliphatic hydroxyl groups is 1. The monoisotopic (exact) mass is 270 g/mol. The van der Waals surface area contributed by atoms with Gasteiger partial charge in [0.2, 0.25) is 0 Å². The number of halogens is 1. The summed E-state index contributed by atoms with van der Waals surface area (Å²) in [6.45, 7) is 0.542. The van der Waals surface area contributed by atoms with Gasteiger partial charge in [0.05, 0.1) is 6.10 Å². The highest BCUT2D eigenvalue weighted by Crippen LogP contribution is 2.49. The summed E-state index contributed by atoms with van der Waals surface area (Å²) in [7, 11) is 0. The van der Waals surface area contributed by atoms with Gasteiger partial charge >= 0.3 is 0 Å². The molecule has 0 amide bonds. The van der Waals surface area contributed by atoms with Crippen LogP contribution in [-0.2, 0) is 0 Å². The first-order valence-electron chi connectivity index (χ1n) is 5.16. The smallest absolute Gasteiger partial charge is 0.0873 e. The van der Waals surface area contributed by atoms with Crippen LogP contribution in [0.25, 0.3) is 0 Å². The Morgan fingerprint density at radius 3 is 2.73 bits per heavy atom.